The molecule has 1 aliphatic carbocycles. The van der Waals surface area contributed by atoms with Crippen molar-refractivity contribution in [3.8, 4) is 0 Å². The zero-order chi connectivity index (χ0) is 13.1. The molecule has 1 aromatic heterocycles. The standard InChI is InChI=1S/C13H20N4S2/c14-17-13-10-6-18-7-11(10)15-12(16-13)8-19-9-4-2-1-3-5-9/h9H,1-8,14H2,(H,15,16,17). The smallest absolute Gasteiger partial charge is 0.148 e. The second kappa shape index (κ2) is 6.33. The number of nitrogens with zero attached hydrogens (tertiary/aromatic N) is 2. The van der Waals surface area contributed by atoms with Crippen molar-refractivity contribution >= 4 is 29.3 Å². The number of anilines is 1. The molecule has 0 atom stereocenters. The van der Waals surface area contributed by atoms with E-state index >= 15 is 0 Å². The Morgan fingerprint density at radius 2 is 2.05 bits per heavy atom. The highest BCUT2D eigenvalue weighted by molar-refractivity contribution is 7.99. The second-order valence-electron chi connectivity index (χ2n) is 5.12. The molecular formula is C13H20N4S2. The van der Waals surface area contributed by atoms with E-state index in [1.54, 1.807) is 0 Å². The van der Waals surface area contributed by atoms with Gasteiger partial charge in [-0.2, -0.15) is 23.5 Å². The van der Waals surface area contributed by atoms with Gasteiger partial charge >= 0.3 is 0 Å². The quantitative estimate of drug-likeness (QED) is 0.657. The fourth-order valence-corrected chi connectivity index (χ4v) is 4.93. The molecule has 2 aliphatic rings. The fourth-order valence-electron chi connectivity index (χ4n) is 2.71. The van der Waals surface area contributed by atoms with Gasteiger partial charge in [-0.05, 0) is 12.8 Å². The van der Waals surface area contributed by atoms with Gasteiger partial charge in [-0.15, -0.1) is 0 Å². The number of aromatic nitrogens is 2. The highest BCUT2D eigenvalue weighted by Gasteiger charge is 2.20. The van der Waals surface area contributed by atoms with Crippen LogP contribution in [-0.4, -0.2) is 15.2 Å². The molecule has 4 nitrogen and oxygen atoms in total. The predicted molar refractivity (Wildman–Crippen MR) is 83.0 cm³/mol. The third kappa shape index (κ3) is 3.17. The maximum atomic E-state index is 5.57. The van der Waals surface area contributed by atoms with Gasteiger partial charge < -0.3 is 5.43 Å². The molecule has 0 radical (unpaired) electrons. The number of fused-ring (bicyclic) bond motifs is 1. The molecule has 2 heterocycles. The Morgan fingerprint density at radius 1 is 1.21 bits per heavy atom. The fraction of sp³-hybridized carbons (Fsp3) is 0.692. The molecule has 3 N–H and O–H groups in total. The van der Waals surface area contributed by atoms with Gasteiger partial charge in [0, 0.05) is 22.3 Å². The lowest BCUT2D eigenvalue weighted by molar-refractivity contribution is 0.516. The van der Waals surface area contributed by atoms with Crippen LogP contribution in [0.25, 0.3) is 0 Å². The monoisotopic (exact) mass is 296 g/mol. The Kier molecular flexibility index (Phi) is 4.50. The van der Waals surface area contributed by atoms with Crippen LogP contribution in [0.2, 0.25) is 0 Å². The summed E-state index contributed by atoms with van der Waals surface area (Å²) in [5.41, 5.74) is 5.10. The van der Waals surface area contributed by atoms with E-state index in [9.17, 15) is 0 Å². The van der Waals surface area contributed by atoms with Crippen LogP contribution >= 0.6 is 23.5 Å². The summed E-state index contributed by atoms with van der Waals surface area (Å²) in [4.78, 5) is 9.26. The number of thioether (sulfide) groups is 2. The van der Waals surface area contributed by atoms with Crippen molar-refractivity contribution < 1.29 is 0 Å². The van der Waals surface area contributed by atoms with Gasteiger partial charge in [-0.1, -0.05) is 19.3 Å². The zero-order valence-electron chi connectivity index (χ0n) is 11.0. The van der Waals surface area contributed by atoms with Crippen LogP contribution < -0.4 is 11.3 Å². The minimum atomic E-state index is 0.800. The maximum absolute atomic E-state index is 5.57. The Balaban J connectivity index is 1.67. The average Bonchev–Trinajstić information content (AvgIpc) is 2.93. The van der Waals surface area contributed by atoms with E-state index in [4.69, 9.17) is 10.8 Å². The van der Waals surface area contributed by atoms with Crippen molar-refractivity contribution in [3.63, 3.8) is 0 Å². The lowest BCUT2D eigenvalue weighted by Gasteiger charge is -2.20. The molecule has 0 amide bonds. The summed E-state index contributed by atoms with van der Waals surface area (Å²) in [5, 5.41) is 0.800. The first kappa shape index (κ1) is 13.5. The maximum Gasteiger partial charge on any atom is 0.148 e. The molecule has 3 rings (SSSR count). The second-order valence-corrected chi connectivity index (χ2v) is 7.40. The molecule has 0 saturated heterocycles. The van der Waals surface area contributed by atoms with E-state index in [0.29, 0.717) is 0 Å². The number of nitrogen functional groups attached to an aromatic ring is 1. The van der Waals surface area contributed by atoms with Crippen LogP contribution in [0.4, 0.5) is 5.82 Å². The Hall–Kier alpha value is -0.460. The summed E-state index contributed by atoms with van der Waals surface area (Å²) in [6.45, 7) is 0. The Labute approximate surface area is 122 Å². The summed E-state index contributed by atoms with van der Waals surface area (Å²) in [5.74, 6) is 10.2. The summed E-state index contributed by atoms with van der Waals surface area (Å²) in [6.07, 6.45) is 6.88. The lowest BCUT2D eigenvalue weighted by Crippen LogP contribution is -2.14. The van der Waals surface area contributed by atoms with Gasteiger partial charge in [0.15, 0.2) is 0 Å². The van der Waals surface area contributed by atoms with Gasteiger partial charge in [0.25, 0.3) is 0 Å². The van der Waals surface area contributed by atoms with Crippen molar-refractivity contribution in [3.05, 3.63) is 17.1 Å². The van der Waals surface area contributed by atoms with E-state index in [-0.39, 0.29) is 0 Å². The van der Waals surface area contributed by atoms with Gasteiger partial charge in [0.05, 0.1) is 11.4 Å². The van der Waals surface area contributed by atoms with E-state index in [1.165, 1.54) is 43.4 Å². The van der Waals surface area contributed by atoms with Gasteiger partial charge in [0.2, 0.25) is 0 Å². The van der Waals surface area contributed by atoms with Crippen molar-refractivity contribution in [2.45, 2.75) is 54.6 Å². The SMILES string of the molecule is NNc1nc(CSC2CCCCC2)nc2c1CSC2. The number of rotatable bonds is 4. The molecule has 19 heavy (non-hydrogen) atoms. The molecule has 0 aromatic carbocycles. The first-order valence-electron chi connectivity index (χ1n) is 6.91. The third-order valence-electron chi connectivity index (χ3n) is 3.76. The molecule has 104 valence electrons. The van der Waals surface area contributed by atoms with Gasteiger partial charge in [0.1, 0.15) is 11.6 Å². The van der Waals surface area contributed by atoms with Crippen LogP contribution in [0, 0.1) is 0 Å². The Bertz CT molecular complexity index is 447. The van der Waals surface area contributed by atoms with E-state index in [1.807, 2.05) is 23.5 Å². The molecular weight excluding hydrogens is 276 g/mol. The topological polar surface area (TPSA) is 63.8 Å². The van der Waals surface area contributed by atoms with Crippen LogP contribution in [0.5, 0.6) is 0 Å². The van der Waals surface area contributed by atoms with E-state index in [2.05, 4.69) is 10.4 Å². The van der Waals surface area contributed by atoms with E-state index in [0.717, 1.165) is 34.2 Å². The van der Waals surface area contributed by atoms with Crippen molar-refractivity contribution in [2.24, 2.45) is 5.84 Å². The number of hydrazine groups is 1. The first-order chi connectivity index (χ1) is 9.36. The van der Waals surface area contributed by atoms with Crippen LogP contribution in [0.1, 0.15) is 49.2 Å². The largest absolute Gasteiger partial charge is 0.308 e. The molecule has 0 unspecified atom stereocenters. The highest BCUT2D eigenvalue weighted by atomic mass is 32.2. The average molecular weight is 296 g/mol. The summed E-state index contributed by atoms with van der Waals surface area (Å²) >= 11 is 3.90. The van der Waals surface area contributed by atoms with Crippen molar-refractivity contribution in [1.29, 1.82) is 0 Å². The van der Waals surface area contributed by atoms with Crippen molar-refractivity contribution in [2.75, 3.05) is 5.43 Å². The molecule has 0 spiro atoms. The molecule has 1 fully saturated rings. The van der Waals surface area contributed by atoms with Gasteiger partial charge in [-0.25, -0.2) is 15.8 Å². The van der Waals surface area contributed by atoms with Gasteiger partial charge in [-0.3, -0.25) is 0 Å². The molecule has 1 saturated carbocycles. The molecule has 1 aromatic rings. The predicted octanol–water partition coefficient (Wildman–Crippen LogP) is 3.07. The number of nitrogens with one attached hydrogen (secondary N) is 1. The lowest BCUT2D eigenvalue weighted by atomic mass is 10.0. The minimum absolute atomic E-state index is 0.800. The van der Waals surface area contributed by atoms with Crippen LogP contribution in [0.15, 0.2) is 0 Å². The summed E-state index contributed by atoms with van der Waals surface area (Å²) in [6, 6.07) is 0. The number of hydrogen-bond acceptors (Lipinski definition) is 6. The van der Waals surface area contributed by atoms with Crippen LogP contribution in [0.3, 0.4) is 0 Å². The molecule has 1 aliphatic heterocycles. The number of hydrogen-bond donors (Lipinski definition) is 2. The third-order valence-corrected chi connectivity index (χ3v) is 6.10. The minimum Gasteiger partial charge on any atom is -0.308 e. The normalized spacial score (nSPS) is 19.4. The molecule has 6 heteroatoms. The van der Waals surface area contributed by atoms with E-state index < -0.39 is 0 Å². The van der Waals surface area contributed by atoms with Crippen molar-refractivity contribution in [1.82, 2.24) is 9.97 Å². The number of nitrogens with two attached hydrogens (primary N) is 1. The molecule has 0 bridgehead atoms. The summed E-state index contributed by atoms with van der Waals surface area (Å²) in [7, 11) is 0. The Morgan fingerprint density at radius 3 is 2.84 bits per heavy atom. The van der Waals surface area contributed by atoms with Crippen LogP contribution in [-0.2, 0) is 17.3 Å². The summed E-state index contributed by atoms with van der Waals surface area (Å²) < 4.78 is 0. The highest BCUT2D eigenvalue weighted by Crippen LogP contribution is 2.34. The first-order valence-corrected chi connectivity index (χ1v) is 9.12. The zero-order valence-corrected chi connectivity index (χ0v) is 12.7.